The molecule has 0 saturated carbocycles. The Morgan fingerprint density at radius 2 is 2.21 bits per heavy atom. The molecule has 1 N–H and O–H groups in total. The number of pyridine rings is 1. The van der Waals surface area contributed by atoms with Gasteiger partial charge in [-0.3, -0.25) is 20.0 Å². The number of hydrogen-bond acceptors (Lipinski definition) is 6. The highest BCUT2D eigenvalue weighted by atomic mass is 16.5. The molecule has 7 heteroatoms. The van der Waals surface area contributed by atoms with Crippen LogP contribution in [0.5, 0.6) is 0 Å². The number of nitrogens with zero attached hydrogens (tertiary/aromatic N) is 3. The van der Waals surface area contributed by atoms with E-state index in [1.807, 2.05) is 26.0 Å². The number of rotatable bonds is 5. The third kappa shape index (κ3) is 3.47. The van der Waals surface area contributed by atoms with Gasteiger partial charge in [-0.15, -0.1) is 0 Å². The summed E-state index contributed by atoms with van der Waals surface area (Å²) < 4.78 is 10.7. The smallest absolute Gasteiger partial charge is 0.248 e. The Hall–Kier alpha value is -2.25. The molecule has 3 rings (SSSR count). The minimum atomic E-state index is -0.433. The summed E-state index contributed by atoms with van der Waals surface area (Å²) >= 11 is 0. The lowest BCUT2D eigenvalue weighted by Crippen LogP contribution is -2.44. The van der Waals surface area contributed by atoms with Gasteiger partial charge in [0.15, 0.2) is 0 Å². The van der Waals surface area contributed by atoms with Gasteiger partial charge in [-0.1, -0.05) is 18.1 Å². The van der Waals surface area contributed by atoms with E-state index in [0.29, 0.717) is 32.2 Å². The molecule has 1 amide bonds. The van der Waals surface area contributed by atoms with Crippen LogP contribution in [0.15, 0.2) is 29.0 Å². The zero-order valence-electron chi connectivity index (χ0n) is 14.0. The summed E-state index contributed by atoms with van der Waals surface area (Å²) in [7, 11) is 0. The van der Waals surface area contributed by atoms with Crippen molar-refractivity contribution in [2.24, 2.45) is 0 Å². The Morgan fingerprint density at radius 1 is 1.42 bits per heavy atom. The van der Waals surface area contributed by atoms with Crippen LogP contribution in [0.1, 0.15) is 29.8 Å². The van der Waals surface area contributed by atoms with Gasteiger partial charge in [0.2, 0.25) is 11.8 Å². The third-order valence-corrected chi connectivity index (χ3v) is 4.23. The Morgan fingerprint density at radius 3 is 2.88 bits per heavy atom. The Balaban J connectivity index is 1.85. The first kappa shape index (κ1) is 16.6. The molecule has 0 spiro atoms. The van der Waals surface area contributed by atoms with Crippen molar-refractivity contribution in [2.75, 3.05) is 31.6 Å². The fourth-order valence-electron chi connectivity index (χ4n) is 2.98. The van der Waals surface area contributed by atoms with E-state index >= 15 is 0 Å². The van der Waals surface area contributed by atoms with E-state index in [-0.39, 0.29) is 5.91 Å². The van der Waals surface area contributed by atoms with Crippen LogP contribution in [-0.2, 0) is 16.0 Å². The van der Waals surface area contributed by atoms with Crippen LogP contribution in [0.25, 0.3) is 0 Å². The SMILES string of the molecule is CCc1c(C)noc1NC(=O)C(c1cccnc1)N1CCOCC1. The molecular weight excluding hydrogens is 308 g/mol. The quantitative estimate of drug-likeness (QED) is 0.902. The summed E-state index contributed by atoms with van der Waals surface area (Å²) in [6.45, 7) is 6.51. The minimum absolute atomic E-state index is 0.143. The number of carbonyl (C=O) groups excluding carboxylic acids is 1. The third-order valence-electron chi connectivity index (χ3n) is 4.23. The second kappa shape index (κ2) is 7.55. The van der Waals surface area contributed by atoms with Gasteiger partial charge in [-0.05, 0) is 25.0 Å². The summed E-state index contributed by atoms with van der Waals surface area (Å²) in [5.74, 6) is 0.290. The van der Waals surface area contributed by atoms with E-state index in [1.165, 1.54) is 0 Å². The molecule has 1 saturated heterocycles. The van der Waals surface area contributed by atoms with Crippen LogP contribution in [-0.4, -0.2) is 47.3 Å². The highest BCUT2D eigenvalue weighted by Gasteiger charge is 2.30. The highest BCUT2D eigenvalue weighted by Crippen LogP contribution is 2.25. The van der Waals surface area contributed by atoms with E-state index in [4.69, 9.17) is 9.26 Å². The zero-order chi connectivity index (χ0) is 16.9. The van der Waals surface area contributed by atoms with Crippen molar-refractivity contribution in [3.8, 4) is 0 Å². The zero-order valence-corrected chi connectivity index (χ0v) is 14.0. The minimum Gasteiger partial charge on any atom is -0.379 e. The normalized spacial score (nSPS) is 16.8. The van der Waals surface area contributed by atoms with Crippen molar-refractivity contribution < 1.29 is 14.1 Å². The average molecular weight is 330 g/mol. The Kier molecular flexibility index (Phi) is 5.22. The van der Waals surface area contributed by atoms with E-state index in [2.05, 4.69) is 20.4 Å². The molecule has 3 heterocycles. The molecule has 7 nitrogen and oxygen atoms in total. The van der Waals surface area contributed by atoms with E-state index in [9.17, 15) is 4.79 Å². The molecular formula is C17H22N4O3. The molecule has 0 radical (unpaired) electrons. The second-order valence-electron chi connectivity index (χ2n) is 5.76. The van der Waals surface area contributed by atoms with Crippen molar-refractivity contribution in [1.29, 1.82) is 0 Å². The number of morpholine rings is 1. The maximum Gasteiger partial charge on any atom is 0.248 e. The Bertz CT molecular complexity index is 680. The fourth-order valence-corrected chi connectivity index (χ4v) is 2.98. The summed E-state index contributed by atoms with van der Waals surface area (Å²) in [6.07, 6.45) is 4.18. The number of amides is 1. The molecule has 1 aliphatic heterocycles. The molecule has 1 aliphatic rings. The summed E-state index contributed by atoms with van der Waals surface area (Å²) in [5.41, 5.74) is 2.58. The number of aromatic nitrogens is 2. The maximum absolute atomic E-state index is 13.0. The van der Waals surface area contributed by atoms with Crippen LogP contribution >= 0.6 is 0 Å². The van der Waals surface area contributed by atoms with Crippen molar-refractivity contribution in [2.45, 2.75) is 26.3 Å². The predicted molar refractivity (Wildman–Crippen MR) is 88.6 cm³/mol. The molecule has 128 valence electrons. The lowest BCUT2D eigenvalue weighted by molar-refractivity contribution is -0.123. The fraction of sp³-hybridized carbons (Fsp3) is 0.471. The van der Waals surface area contributed by atoms with Crippen LogP contribution in [0.3, 0.4) is 0 Å². The van der Waals surface area contributed by atoms with Gasteiger partial charge in [0.1, 0.15) is 6.04 Å². The topological polar surface area (TPSA) is 80.5 Å². The highest BCUT2D eigenvalue weighted by molar-refractivity contribution is 5.95. The second-order valence-corrected chi connectivity index (χ2v) is 5.76. The standard InChI is InChI=1S/C17H22N4O3/c1-3-14-12(2)20-24-17(14)19-16(22)15(13-5-4-6-18-11-13)21-7-9-23-10-8-21/h4-6,11,15H,3,7-10H2,1-2H3,(H,19,22). The molecule has 2 aromatic rings. The van der Waals surface area contributed by atoms with Crippen molar-refractivity contribution in [3.05, 3.63) is 41.3 Å². The molecule has 1 unspecified atom stereocenters. The van der Waals surface area contributed by atoms with Gasteiger partial charge in [0.25, 0.3) is 0 Å². The molecule has 0 aliphatic carbocycles. The number of aryl methyl sites for hydroxylation is 1. The molecule has 0 bridgehead atoms. The van der Waals surface area contributed by atoms with E-state index in [1.54, 1.807) is 12.4 Å². The van der Waals surface area contributed by atoms with Crippen LogP contribution in [0.2, 0.25) is 0 Å². The van der Waals surface area contributed by atoms with Gasteiger partial charge < -0.3 is 9.26 Å². The number of nitrogens with one attached hydrogen (secondary N) is 1. The van der Waals surface area contributed by atoms with Gasteiger partial charge in [0.05, 0.1) is 18.9 Å². The average Bonchev–Trinajstić information content (AvgIpc) is 2.96. The van der Waals surface area contributed by atoms with Gasteiger partial charge in [-0.2, -0.15) is 0 Å². The summed E-state index contributed by atoms with van der Waals surface area (Å²) in [5, 5.41) is 6.85. The Labute approximate surface area is 141 Å². The summed E-state index contributed by atoms with van der Waals surface area (Å²) in [6, 6.07) is 3.32. The first-order valence-electron chi connectivity index (χ1n) is 8.18. The van der Waals surface area contributed by atoms with Crippen LogP contribution < -0.4 is 5.32 Å². The molecule has 2 aromatic heterocycles. The van der Waals surface area contributed by atoms with Gasteiger partial charge in [0, 0.05) is 31.0 Å². The van der Waals surface area contributed by atoms with Crippen molar-refractivity contribution in [1.82, 2.24) is 15.0 Å². The van der Waals surface area contributed by atoms with Crippen molar-refractivity contribution >= 4 is 11.8 Å². The van der Waals surface area contributed by atoms with Crippen LogP contribution in [0, 0.1) is 6.92 Å². The number of carbonyl (C=O) groups is 1. The number of ether oxygens (including phenoxy) is 1. The number of anilines is 1. The van der Waals surface area contributed by atoms with Gasteiger partial charge >= 0.3 is 0 Å². The largest absolute Gasteiger partial charge is 0.379 e. The molecule has 1 atom stereocenters. The first-order chi connectivity index (χ1) is 11.7. The molecule has 0 aromatic carbocycles. The maximum atomic E-state index is 13.0. The summed E-state index contributed by atoms with van der Waals surface area (Å²) in [4.78, 5) is 19.2. The predicted octanol–water partition coefficient (Wildman–Crippen LogP) is 1.95. The monoisotopic (exact) mass is 330 g/mol. The van der Waals surface area contributed by atoms with Crippen LogP contribution in [0.4, 0.5) is 5.88 Å². The molecule has 24 heavy (non-hydrogen) atoms. The number of hydrogen-bond donors (Lipinski definition) is 1. The lowest BCUT2D eigenvalue weighted by atomic mass is 10.1. The first-order valence-corrected chi connectivity index (χ1v) is 8.18. The molecule has 1 fully saturated rings. The van der Waals surface area contributed by atoms with Gasteiger partial charge in [-0.25, -0.2) is 0 Å². The van der Waals surface area contributed by atoms with E-state index in [0.717, 1.165) is 23.2 Å². The van der Waals surface area contributed by atoms with E-state index < -0.39 is 6.04 Å². The lowest BCUT2D eigenvalue weighted by Gasteiger charge is -2.33. The van der Waals surface area contributed by atoms with Crippen molar-refractivity contribution in [3.63, 3.8) is 0 Å².